The first kappa shape index (κ1) is 13.2. The van der Waals surface area contributed by atoms with Gasteiger partial charge in [0.05, 0.1) is 10.0 Å². The van der Waals surface area contributed by atoms with Crippen LogP contribution in [0.2, 0.25) is 10.0 Å². The highest BCUT2D eigenvalue weighted by molar-refractivity contribution is 7.98. The molecule has 0 heterocycles. The van der Waals surface area contributed by atoms with Crippen LogP contribution in [0.15, 0.2) is 23.1 Å². The van der Waals surface area contributed by atoms with Crippen LogP contribution < -0.4 is 10.0 Å². The van der Waals surface area contributed by atoms with E-state index in [1.807, 2.05) is 0 Å². The van der Waals surface area contributed by atoms with E-state index in [-0.39, 0.29) is 0 Å². The first-order valence-corrected chi connectivity index (χ1v) is 5.76. The van der Waals surface area contributed by atoms with E-state index in [0.717, 1.165) is 11.9 Å². The Morgan fingerprint density at radius 3 is 2.62 bits per heavy atom. The Morgan fingerprint density at radius 2 is 2.00 bits per heavy atom. The third kappa shape index (κ3) is 3.92. The predicted octanol–water partition coefficient (Wildman–Crippen LogP) is 2.85. The molecule has 0 aromatic heterocycles. The molecule has 2 N–H and O–H groups in total. The molecule has 86 valence electrons. The fourth-order valence-corrected chi connectivity index (χ4v) is 1.92. The zero-order valence-electron chi connectivity index (χ0n) is 8.21. The number of amides is 3. The molecule has 0 aliphatic heterocycles. The molecule has 0 bridgehead atoms. The summed E-state index contributed by atoms with van der Waals surface area (Å²) in [4.78, 5) is 22.2. The van der Waals surface area contributed by atoms with Crippen molar-refractivity contribution < 1.29 is 9.59 Å². The van der Waals surface area contributed by atoms with E-state index in [4.69, 9.17) is 23.2 Å². The summed E-state index contributed by atoms with van der Waals surface area (Å²) in [6, 6.07) is 4.45. The molecular weight excluding hydrogens is 271 g/mol. The Morgan fingerprint density at radius 1 is 1.31 bits per heavy atom. The molecule has 0 aliphatic rings. The average molecular weight is 279 g/mol. The third-order valence-corrected chi connectivity index (χ3v) is 3.24. The molecule has 0 fully saturated rings. The van der Waals surface area contributed by atoms with Crippen LogP contribution in [0.3, 0.4) is 0 Å². The maximum atomic E-state index is 11.1. The summed E-state index contributed by atoms with van der Waals surface area (Å²) in [6.07, 6.45) is 0. The zero-order valence-corrected chi connectivity index (χ0v) is 10.5. The Balaban J connectivity index is 2.58. The number of carbonyl (C=O) groups is 2. The maximum absolute atomic E-state index is 11.1. The van der Waals surface area contributed by atoms with Gasteiger partial charge >= 0.3 is 6.03 Å². The van der Waals surface area contributed by atoms with Gasteiger partial charge in [-0.1, -0.05) is 29.3 Å². The highest BCUT2D eigenvalue weighted by Crippen LogP contribution is 2.31. The molecule has 0 saturated carbocycles. The highest BCUT2D eigenvalue weighted by Gasteiger charge is 2.07. The van der Waals surface area contributed by atoms with E-state index in [9.17, 15) is 9.59 Å². The van der Waals surface area contributed by atoms with Gasteiger partial charge in [0.25, 0.3) is 0 Å². The lowest BCUT2D eigenvalue weighted by Gasteiger charge is -2.06. The summed E-state index contributed by atoms with van der Waals surface area (Å²) in [6.45, 7) is 1.25. The standard InChI is InChI=1S/C9H8Cl2N2O2S/c1-5(14)12-9(15)13-16-7-4-2-3-6(10)8(7)11/h2-4H,1H3,(H2,12,13,14,15). The molecule has 0 radical (unpaired) electrons. The lowest BCUT2D eigenvalue weighted by molar-refractivity contribution is -0.117. The van der Waals surface area contributed by atoms with E-state index in [0.29, 0.717) is 14.9 Å². The molecule has 0 unspecified atom stereocenters. The van der Waals surface area contributed by atoms with E-state index in [1.54, 1.807) is 18.2 Å². The van der Waals surface area contributed by atoms with E-state index in [1.165, 1.54) is 6.92 Å². The normalized spacial score (nSPS) is 9.69. The smallest absolute Gasteiger partial charge is 0.278 e. The summed E-state index contributed by atoms with van der Waals surface area (Å²) in [5.41, 5.74) is 0. The summed E-state index contributed by atoms with van der Waals surface area (Å²) in [7, 11) is 0. The summed E-state index contributed by atoms with van der Waals surface area (Å²) >= 11 is 12.7. The van der Waals surface area contributed by atoms with Gasteiger partial charge in [-0.2, -0.15) is 0 Å². The lowest BCUT2D eigenvalue weighted by Crippen LogP contribution is -2.34. The number of benzene rings is 1. The monoisotopic (exact) mass is 278 g/mol. The zero-order chi connectivity index (χ0) is 12.1. The van der Waals surface area contributed by atoms with Gasteiger partial charge < -0.3 is 0 Å². The Hall–Kier alpha value is -0.910. The van der Waals surface area contributed by atoms with Gasteiger partial charge in [0.15, 0.2) is 0 Å². The number of carbonyl (C=O) groups excluding carboxylic acids is 2. The van der Waals surface area contributed by atoms with Gasteiger partial charge in [0.1, 0.15) is 0 Å². The number of nitrogens with one attached hydrogen (secondary N) is 2. The minimum absolute atomic E-state index is 0.359. The molecule has 4 nitrogen and oxygen atoms in total. The second-order valence-electron chi connectivity index (χ2n) is 2.77. The van der Waals surface area contributed by atoms with Crippen molar-refractivity contribution in [3.63, 3.8) is 0 Å². The Kier molecular flexibility index (Phi) is 4.92. The van der Waals surface area contributed by atoms with Crippen LogP contribution in [0.5, 0.6) is 0 Å². The lowest BCUT2D eigenvalue weighted by atomic mass is 10.4. The van der Waals surface area contributed by atoms with Gasteiger partial charge in [0.2, 0.25) is 5.91 Å². The largest absolute Gasteiger partial charge is 0.331 e. The Bertz CT molecular complexity index is 426. The molecule has 1 rings (SSSR count). The average Bonchev–Trinajstić information content (AvgIpc) is 2.19. The number of urea groups is 1. The second-order valence-corrected chi connectivity index (χ2v) is 4.40. The van der Waals surface area contributed by atoms with Crippen LogP contribution in [0, 0.1) is 0 Å². The van der Waals surface area contributed by atoms with E-state index in [2.05, 4.69) is 10.0 Å². The third-order valence-electron chi connectivity index (χ3n) is 1.46. The predicted molar refractivity (Wildman–Crippen MR) is 64.7 cm³/mol. The van der Waals surface area contributed by atoms with Crippen molar-refractivity contribution in [1.82, 2.24) is 10.0 Å². The molecule has 16 heavy (non-hydrogen) atoms. The fraction of sp³-hybridized carbons (Fsp3) is 0.111. The fourth-order valence-electron chi connectivity index (χ4n) is 0.850. The number of halogens is 2. The summed E-state index contributed by atoms with van der Waals surface area (Å²) in [5.74, 6) is -0.435. The maximum Gasteiger partial charge on any atom is 0.331 e. The van der Waals surface area contributed by atoms with Gasteiger partial charge in [-0.25, -0.2) is 4.79 Å². The molecular formula is C9H8Cl2N2O2S. The van der Waals surface area contributed by atoms with Crippen molar-refractivity contribution >= 4 is 47.1 Å². The van der Waals surface area contributed by atoms with Crippen LogP contribution >= 0.6 is 35.1 Å². The molecule has 0 saturated heterocycles. The quantitative estimate of drug-likeness (QED) is 0.818. The second kappa shape index (κ2) is 5.98. The molecule has 0 spiro atoms. The minimum Gasteiger partial charge on any atom is -0.278 e. The van der Waals surface area contributed by atoms with Crippen molar-refractivity contribution in [2.45, 2.75) is 11.8 Å². The van der Waals surface area contributed by atoms with Gasteiger partial charge in [-0.05, 0) is 24.1 Å². The first-order chi connectivity index (χ1) is 7.50. The number of rotatable bonds is 2. The molecule has 0 aliphatic carbocycles. The minimum atomic E-state index is -0.603. The van der Waals surface area contributed by atoms with Crippen molar-refractivity contribution in [2.24, 2.45) is 0 Å². The van der Waals surface area contributed by atoms with Crippen LogP contribution in [0.1, 0.15) is 6.92 Å². The van der Waals surface area contributed by atoms with Crippen LogP contribution in [0.25, 0.3) is 0 Å². The van der Waals surface area contributed by atoms with Gasteiger partial charge in [-0.3, -0.25) is 14.8 Å². The van der Waals surface area contributed by atoms with E-state index < -0.39 is 11.9 Å². The van der Waals surface area contributed by atoms with Gasteiger partial charge in [-0.15, -0.1) is 0 Å². The number of hydrogen-bond donors (Lipinski definition) is 2. The molecule has 1 aromatic rings. The summed E-state index contributed by atoms with van der Waals surface area (Å²) < 4.78 is 2.40. The van der Waals surface area contributed by atoms with Crippen molar-refractivity contribution in [3.8, 4) is 0 Å². The molecule has 0 atom stereocenters. The number of imide groups is 1. The topological polar surface area (TPSA) is 58.2 Å². The first-order valence-electron chi connectivity index (χ1n) is 4.19. The molecule has 7 heteroatoms. The SMILES string of the molecule is CC(=O)NC(=O)NSc1cccc(Cl)c1Cl. The van der Waals surface area contributed by atoms with E-state index >= 15 is 0 Å². The van der Waals surface area contributed by atoms with Gasteiger partial charge in [0, 0.05) is 11.8 Å². The molecule has 1 aromatic carbocycles. The van der Waals surface area contributed by atoms with Crippen LogP contribution in [0.4, 0.5) is 4.79 Å². The Labute approximate surface area is 107 Å². The number of hydrogen-bond acceptors (Lipinski definition) is 3. The highest BCUT2D eigenvalue weighted by atomic mass is 35.5. The van der Waals surface area contributed by atoms with Crippen LogP contribution in [-0.4, -0.2) is 11.9 Å². The van der Waals surface area contributed by atoms with Crippen molar-refractivity contribution in [2.75, 3.05) is 0 Å². The molecule has 3 amide bonds. The van der Waals surface area contributed by atoms with Crippen molar-refractivity contribution in [1.29, 1.82) is 0 Å². The van der Waals surface area contributed by atoms with Crippen LogP contribution in [-0.2, 0) is 4.79 Å². The summed E-state index contributed by atoms with van der Waals surface area (Å²) in [5, 5.41) is 2.82. The van der Waals surface area contributed by atoms with Crippen molar-refractivity contribution in [3.05, 3.63) is 28.2 Å².